The highest BCUT2D eigenvalue weighted by Crippen LogP contribution is 2.40. The molecule has 0 amide bonds. The zero-order valence-corrected chi connectivity index (χ0v) is 13.0. The summed E-state index contributed by atoms with van der Waals surface area (Å²) in [4.78, 5) is 12.0. The zero-order valence-electron chi connectivity index (χ0n) is 11.4. The SMILES string of the molecule is FC(F)(F)C1CCC(Cn2cnc3nc(Cl)nc(Cl)c32)CC1. The number of alkyl halides is 3. The second-order valence-corrected chi connectivity index (χ2v) is 6.31. The van der Waals surface area contributed by atoms with Crippen molar-refractivity contribution in [2.75, 3.05) is 0 Å². The van der Waals surface area contributed by atoms with Gasteiger partial charge in [-0.25, -0.2) is 9.97 Å². The minimum Gasteiger partial charge on any atom is -0.326 e. The van der Waals surface area contributed by atoms with Gasteiger partial charge in [-0.1, -0.05) is 11.6 Å². The lowest BCUT2D eigenvalue weighted by Crippen LogP contribution is -2.29. The summed E-state index contributed by atoms with van der Waals surface area (Å²) in [6.07, 6.45) is -1.07. The van der Waals surface area contributed by atoms with E-state index in [4.69, 9.17) is 23.2 Å². The van der Waals surface area contributed by atoms with Crippen LogP contribution in [-0.2, 0) is 6.54 Å². The van der Waals surface area contributed by atoms with Crippen molar-refractivity contribution in [3.05, 3.63) is 16.8 Å². The highest BCUT2D eigenvalue weighted by Gasteiger charge is 2.41. The molecule has 1 saturated carbocycles. The second kappa shape index (κ2) is 5.85. The maximum atomic E-state index is 12.7. The Labute approximate surface area is 134 Å². The molecule has 0 aliphatic heterocycles. The first kappa shape index (κ1) is 15.8. The van der Waals surface area contributed by atoms with Crippen LogP contribution in [0.25, 0.3) is 11.2 Å². The van der Waals surface area contributed by atoms with E-state index in [2.05, 4.69) is 15.0 Å². The number of hydrogen-bond donors (Lipinski definition) is 0. The van der Waals surface area contributed by atoms with Gasteiger partial charge in [-0.2, -0.15) is 18.2 Å². The number of imidazole rings is 1. The van der Waals surface area contributed by atoms with Crippen molar-refractivity contribution in [1.82, 2.24) is 19.5 Å². The van der Waals surface area contributed by atoms with Crippen LogP contribution < -0.4 is 0 Å². The zero-order chi connectivity index (χ0) is 15.9. The Kier molecular flexibility index (Phi) is 4.20. The van der Waals surface area contributed by atoms with Crippen LogP contribution >= 0.6 is 23.2 Å². The van der Waals surface area contributed by atoms with Gasteiger partial charge in [0, 0.05) is 6.54 Å². The quantitative estimate of drug-likeness (QED) is 0.590. The highest BCUT2D eigenvalue weighted by atomic mass is 35.5. The molecule has 120 valence electrons. The standard InChI is InChI=1S/C13H13Cl2F3N4/c14-10-9-11(21-12(15)20-10)19-6-22(9)5-7-1-3-8(4-2-7)13(16,17)18/h6-8H,1-5H2. The van der Waals surface area contributed by atoms with Crippen LogP contribution in [0.15, 0.2) is 6.33 Å². The van der Waals surface area contributed by atoms with Crippen molar-refractivity contribution in [2.24, 2.45) is 11.8 Å². The number of nitrogens with zero attached hydrogens (tertiary/aromatic N) is 4. The summed E-state index contributed by atoms with van der Waals surface area (Å²) >= 11 is 11.8. The molecule has 0 unspecified atom stereocenters. The maximum Gasteiger partial charge on any atom is 0.391 e. The lowest BCUT2D eigenvalue weighted by atomic mass is 9.81. The van der Waals surface area contributed by atoms with Gasteiger partial charge in [0.25, 0.3) is 0 Å². The van der Waals surface area contributed by atoms with Gasteiger partial charge in [0.2, 0.25) is 5.28 Å². The largest absolute Gasteiger partial charge is 0.391 e. The number of rotatable bonds is 2. The van der Waals surface area contributed by atoms with Gasteiger partial charge in [-0.3, -0.25) is 0 Å². The van der Waals surface area contributed by atoms with Crippen molar-refractivity contribution < 1.29 is 13.2 Å². The maximum absolute atomic E-state index is 12.7. The average Bonchev–Trinajstić information content (AvgIpc) is 2.81. The van der Waals surface area contributed by atoms with E-state index in [9.17, 15) is 13.2 Å². The molecular weight excluding hydrogens is 340 g/mol. The first-order valence-electron chi connectivity index (χ1n) is 6.95. The predicted molar refractivity (Wildman–Crippen MR) is 76.8 cm³/mol. The summed E-state index contributed by atoms with van der Waals surface area (Å²) in [5, 5.41) is 0.227. The Morgan fingerprint density at radius 1 is 1.14 bits per heavy atom. The second-order valence-electron chi connectivity index (χ2n) is 5.61. The molecule has 0 saturated heterocycles. The molecule has 0 spiro atoms. The molecule has 0 atom stereocenters. The lowest BCUT2D eigenvalue weighted by Gasteiger charge is -2.30. The molecule has 1 aliphatic rings. The third-order valence-electron chi connectivity index (χ3n) is 4.17. The molecule has 4 nitrogen and oxygen atoms in total. The Morgan fingerprint density at radius 2 is 1.82 bits per heavy atom. The van der Waals surface area contributed by atoms with Gasteiger partial charge in [0.1, 0.15) is 5.52 Å². The highest BCUT2D eigenvalue weighted by molar-refractivity contribution is 6.35. The molecule has 2 heterocycles. The van der Waals surface area contributed by atoms with Crippen LogP contribution in [0, 0.1) is 11.8 Å². The van der Waals surface area contributed by atoms with E-state index in [1.807, 2.05) is 0 Å². The minimum atomic E-state index is -4.08. The molecule has 3 rings (SSSR count). The average molecular weight is 353 g/mol. The number of fused-ring (bicyclic) bond motifs is 1. The van der Waals surface area contributed by atoms with Crippen molar-refractivity contribution in [3.63, 3.8) is 0 Å². The molecular formula is C13H13Cl2F3N4. The Balaban J connectivity index is 1.73. The lowest BCUT2D eigenvalue weighted by molar-refractivity contribution is -0.184. The van der Waals surface area contributed by atoms with E-state index in [0.29, 0.717) is 30.6 Å². The fourth-order valence-corrected chi connectivity index (χ4v) is 3.48. The van der Waals surface area contributed by atoms with Crippen molar-refractivity contribution in [3.8, 4) is 0 Å². The molecule has 2 aromatic heterocycles. The van der Waals surface area contributed by atoms with Gasteiger partial charge >= 0.3 is 6.18 Å². The molecule has 2 aromatic rings. The summed E-state index contributed by atoms with van der Waals surface area (Å²) in [5.74, 6) is -1.00. The van der Waals surface area contributed by atoms with E-state index in [1.165, 1.54) is 0 Å². The fraction of sp³-hybridized carbons (Fsp3) is 0.615. The third-order valence-corrected chi connectivity index (χ3v) is 4.60. The topological polar surface area (TPSA) is 43.6 Å². The van der Waals surface area contributed by atoms with E-state index >= 15 is 0 Å². The van der Waals surface area contributed by atoms with Gasteiger partial charge in [0.05, 0.1) is 12.2 Å². The van der Waals surface area contributed by atoms with Crippen molar-refractivity contribution in [2.45, 2.75) is 38.4 Å². The minimum absolute atomic E-state index is 0.0217. The van der Waals surface area contributed by atoms with Crippen LogP contribution in [-0.4, -0.2) is 25.7 Å². The van der Waals surface area contributed by atoms with Gasteiger partial charge in [0.15, 0.2) is 10.8 Å². The van der Waals surface area contributed by atoms with E-state index in [1.54, 1.807) is 10.9 Å². The Bertz CT molecular complexity index is 678. The van der Waals surface area contributed by atoms with E-state index < -0.39 is 12.1 Å². The first-order chi connectivity index (χ1) is 10.3. The summed E-state index contributed by atoms with van der Waals surface area (Å²) in [6.45, 7) is 0.561. The summed E-state index contributed by atoms with van der Waals surface area (Å²) in [7, 11) is 0. The molecule has 0 N–H and O–H groups in total. The summed E-state index contributed by atoms with van der Waals surface area (Å²) in [6, 6.07) is 0. The molecule has 0 bridgehead atoms. The Hall–Kier alpha value is -1.08. The molecule has 22 heavy (non-hydrogen) atoms. The smallest absolute Gasteiger partial charge is 0.326 e. The van der Waals surface area contributed by atoms with E-state index in [-0.39, 0.29) is 29.2 Å². The monoisotopic (exact) mass is 352 g/mol. The normalized spacial score (nSPS) is 23.1. The van der Waals surface area contributed by atoms with Crippen LogP contribution in [0.2, 0.25) is 10.4 Å². The van der Waals surface area contributed by atoms with Gasteiger partial charge in [-0.15, -0.1) is 0 Å². The first-order valence-corrected chi connectivity index (χ1v) is 7.71. The molecule has 0 radical (unpaired) electrons. The number of hydrogen-bond acceptors (Lipinski definition) is 3. The van der Waals surface area contributed by atoms with Crippen LogP contribution in [0.1, 0.15) is 25.7 Å². The number of aromatic nitrogens is 4. The predicted octanol–water partition coefficient (Wildman–Crippen LogP) is 4.50. The van der Waals surface area contributed by atoms with Crippen molar-refractivity contribution in [1.29, 1.82) is 0 Å². The molecule has 0 aromatic carbocycles. The van der Waals surface area contributed by atoms with Crippen LogP contribution in [0.5, 0.6) is 0 Å². The molecule has 1 fully saturated rings. The van der Waals surface area contributed by atoms with Gasteiger partial charge in [-0.05, 0) is 43.2 Å². The van der Waals surface area contributed by atoms with E-state index in [0.717, 1.165) is 0 Å². The summed E-state index contributed by atoms with van der Waals surface area (Å²) in [5.41, 5.74) is 0.970. The van der Waals surface area contributed by atoms with Gasteiger partial charge < -0.3 is 4.57 Å². The number of halogens is 5. The van der Waals surface area contributed by atoms with Crippen LogP contribution in [0.3, 0.4) is 0 Å². The third kappa shape index (κ3) is 3.15. The fourth-order valence-electron chi connectivity index (χ4n) is 3.00. The summed E-state index contributed by atoms with van der Waals surface area (Å²) < 4.78 is 39.8. The molecule has 1 aliphatic carbocycles. The molecule has 9 heteroatoms. The van der Waals surface area contributed by atoms with Crippen molar-refractivity contribution >= 4 is 34.4 Å². The Morgan fingerprint density at radius 3 is 2.45 bits per heavy atom. The van der Waals surface area contributed by atoms with Crippen LogP contribution in [0.4, 0.5) is 13.2 Å².